The Bertz CT molecular complexity index is 1170. The van der Waals surface area contributed by atoms with Crippen LogP contribution in [-0.2, 0) is 23.5 Å². The maximum Gasteiger partial charge on any atom is 0.211 e. The van der Waals surface area contributed by atoms with Gasteiger partial charge in [0.1, 0.15) is 23.2 Å². The van der Waals surface area contributed by atoms with Gasteiger partial charge in [-0.1, -0.05) is 6.92 Å². The number of aryl methyl sites for hydroxylation is 2. The molecule has 0 spiro atoms. The molecule has 9 heteroatoms. The largest absolute Gasteiger partial charge is 0.489 e. The monoisotopic (exact) mass is 429 g/mol. The average molecular weight is 430 g/mol. The molecule has 0 radical (unpaired) electrons. The van der Waals surface area contributed by atoms with E-state index in [1.807, 2.05) is 42.9 Å². The maximum atomic E-state index is 11.7. The Kier molecular flexibility index (Phi) is 5.42. The zero-order chi connectivity index (χ0) is 21.5. The molecule has 3 aromatic rings. The van der Waals surface area contributed by atoms with E-state index in [1.165, 1.54) is 10.6 Å². The van der Waals surface area contributed by atoms with Gasteiger partial charge in [0.25, 0.3) is 0 Å². The Morgan fingerprint density at radius 2 is 2.07 bits per heavy atom. The third kappa shape index (κ3) is 3.99. The molecule has 1 aliphatic heterocycles. The molecule has 0 N–H and O–H groups in total. The van der Waals surface area contributed by atoms with Crippen molar-refractivity contribution in [2.45, 2.75) is 25.9 Å². The first-order valence-corrected chi connectivity index (χ1v) is 11.9. The second-order valence-electron chi connectivity index (χ2n) is 7.74. The molecule has 0 unspecified atom stereocenters. The van der Waals surface area contributed by atoms with Crippen molar-refractivity contribution in [1.82, 2.24) is 18.8 Å². The van der Waals surface area contributed by atoms with Crippen LogP contribution in [0, 0.1) is 0 Å². The number of ether oxygens (including phenoxy) is 1. The zero-order valence-electron chi connectivity index (χ0n) is 17.7. The summed E-state index contributed by atoms with van der Waals surface area (Å²) in [6.45, 7) is 3.01. The van der Waals surface area contributed by atoms with Gasteiger partial charge in [-0.2, -0.15) is 4.31 Å². The maximum absolute atomic E-state index is 11.7. The van der Waals surface area contributed by atoms with Gasteiger partial charge in [-0.05, 0) is 36.6 Å². The first-order chi connectivity index (χ1) is 14.3. The van der Waals surface area contributed by atoms with Gasteiger partial charge in [0.2, 0.25) is 10.0 Å². The molecule has 3 heterocycles. The lowest BCUT2D eigenvalue weighted by molar-refractivity contribution is 0.215. The summed E-state index contributed by atoms with van der Waals surface area (Å²) in [6.07, 6.45) is 6.23. The number of sulfonamides is 1. The summed E-state index contributed by atoms with van der Waals surface area (Å²) in [5.74, 6) is 1.61. The number of hydrogen-bond acceptors (Lipinski definition) is 6. The van der Waals surface area contributed by atoms with E-state index in [2.05, 4.69) is 21.8 Å². The van der Waals surface area contributed by atoms with Gasteiger partial charge in [-0.3, -0.25) is 0 Å². The van der Waals surface area contributed by atoms with Crippen LogP contribution < -0.4 is 9.64 Å². The van der Waals surface area contributed by atoms with Gasteiger partial charge in [0, 0.05) is 32.4 Å². The Balaban J connectivity index is 1.55. The average Bonchev–Trinajstić information content (AvgIpc) is 3.34. The highest BCUT2D eigenvalue weighted by Gasteiger charge is 2.30. The fraction of sp³-hybridized carbons (Fsp3) is 0.429. The van der Waals surface area contributed by atoms with Crippen LogP contribution in [0.5, 0.6) is 5.75 Å². The number of benzene rings is 1. The highest BCUT2D eigenvalue weighted by molar-refractivity contribution is 7.88. The molecular formula is C21H27N5O3S. The smallest absolute Gasteiger partial charge is 0.211 e. The van der Waals surface area contributed by atoms with Gasteiger partial charge in [0.15, 0.2) is 0 Å². The summed E-state index contributed by atoms with van der Waals surface area (Å²) >= 11 is 0. The van der Waals surface area contributed by atoms with E-state index < -0.39 is 10.0 Å². The van der Waals surface area contributed by atoms with Crippen molar-refractivity contribution in [3.05, 3.63) is 42.4 Å². The van der Waals surface area contributed by atoms with Crippen LogP contribution in [0.4, 0.5) is 11.5 Å². The Morgan fingerprint density at radius 1 is 1.27 bits per heavy atom. The number of nitrogens with zero attached hydrogens (tertiary/aromatic N) is 5. The van der Waals surface area contributed by atoms with Crippen LogP contribution in [0.15, 0.2) is 36.8 Å². The number of imidazole rings is 1. The van der Waals surface area contributed by atoms with Crippen LogP contribution >= 0.6 is 0 Å². The molecule has 30 heavy (non-hydrogen) atoms. The molecule has 0 amide bonds. The van der Waals surface area contributed by atoms with Crippen molar-refractivity contribution in [3.8, 4) is 5.75 Å². The predicted octanol–water partition coefficient (Wildman–Crippen LogP) is 2.71. The van der Waals surface area contributed by atoms with Crippen LogP contribution in [0.3, 0.4) is 0 Å². The summed E-state index contributed by atoms with van der Waals surface area (Å²) in [7, 11) is 0.799. The Hall–Kier alpha value is -2.65. The number of hydrogen-bond donors (Lipinski definition) is 0. The lowest BCUT2D eigenvalue weighted by Crippen LogP contribution is -2.29. The van der Waals surface area contributed by atoms with Gasteiger partial charge < -0.3 is 14.2 Å². The van der Waals surface area contributed by atoms with Crippen molar-refractivity contribution in [1.29, 1.82) is 0 Å². The molecule has 160 valence electrons. The first kappa shape index (κ1) is 20.6. The minimum Gasteiger partial charge on any atom is -0.489 e. The standard InChI is InChI=1S/C21H27N5O3S/c1-5-15-10-16(29-17-8-9-26(13-17)30(4,27)28)6-7-19(15)25(3)21-11-20-18(12-22-21)23-14-24(20)2/h6-7,10-12,14,17H,5,8-9,13H2,1-4H3/t17-/m1/s1. The molecule has 4 rings (SSSR count). The van der Waals surface area contributed by atoms with Crippen LogP contribution in [0.25, 0.3) is 11.0 Å². The molecule has 0 bridgehead atoms. The number of anilines is 2. The van der Waals surface area contributed by atoms with E-state index in [0.29, 0.717) is 19.5 Å². The van der Waals surface area contributed by atoms with Crippen LogP contribution in [0.2, 0.25) is 0 Å². The summed E-state index contributed by atoms with van der Waals surface area (Å²) in [4.78, 5) is 11.0. The molecule has 1 saturated heterocycles. The molecule has 8 nitrogen and oxygen atoms in total. The fourth-order valence-electron chi connectivity index (χ4n) is 3.86. The SMILES string of the molecule is CCc1cc(O[C@@H]2CCN(S(C)(=O)=O)C2)ccc1N(C)c1cc2c(cn1)ncn2C. The summed E-state index contributed by atoms with van der Waals surface area (Å²) in [6, 6.07) is 8.05. The highest BCUT2D eigenvalue weighted by Crippen LogP contribution is 2.31. The summed E-state index contributed by atoms with van der Waals surface area (Å²) in [5, 5.41) is 0. The summed E-state index contributed by atoms with van der Waals surface area (Å²) in [5.41, 5.74) is 4.10. The van der Waals surface area contributed by atoms with Gasteiger partial charge in [0.05, 0.1) is 30.8 Å². The Labute approximate surface area is 177 Å². The molecule has 0 aliphatic carbocycles. The van der Waals surface area contributed by atoms with E-state index in [-0.39, 0.29) is 6.10 Å². The van der Waals surface area contributed by atoms with Gasteiger partial charge in [-0.15, -0.1) is 0 Å². The lowest BCUT2D eigenvalue weighted by Gasteiger charge is -2.23. The van der Waals surface area contributed by atoms with Crippen molar-refractivity contribution in [2.75, 3.05) is 31.3 Å². The van der Waals surface area contributed by atoms with E-state index in [1.54, 1.807) is 12.5 Å². The van der Waals surface area contributed by atoms with Crippen molar-refractivity contribution < 1.29 is 13.2 Å². The van der Waals surface area contributed by atoms with Crippen LogP contribution in [-0.4, -0.2) is 59.8 Å². The number of rotatable bonds is 6. The molecule has 1 fully saturated rings. The Morgan fingerprint density at radius 3 is 2.77 bits per heavy atom. The third-order valence-electron chi connectivity index (χ3n) is 5.61. The molecule has 1 aliphatic rings. The minimum atomic E-state index is -3.17. The van der Waals surface area contributed by atoms with Crippen molar-refractivity contribution >= 4 is 32.6 Å². The van der Waals surface area contributed by atoms with Crippen LogP contribution in [0.1, 0.15) is 18.9 Å². The molecule has 1 atom stereocenters. The first-order valence-electron chi connectivity index (χ1n) is 10.0. The van der Waals surface area contributed by atoms with Crippen molar-refractivity contribution in [3.63, 3.8) is 0 Å². The molecule has 2 aromatic heterocycles. The second-order valence-corrected chi connectivity index (χ2v) is 9.72. The van der Waals surface area contributed by atoms with E-state index in [9.17, 15) is 8.42 Å². The number of aromatic nitrogens is 3. The highest BCUT2D eigenvalue weighted by atomic mass is 32.2. The quantitative estimate of drug-likeness (QED) is 0.599. The number of fused-ring (bicyclic) bond motifs is 1. The fourth-order valence-corrected chi connectivity index (χ4v) is 4.73. The van der Waals surface area contributed by atoms with E-state index in [4.69, 9.17) is 4.74 Å². The van der Waals surface area contributed by atoms with E-state index >= 15 is 0 Å². The molecule has 0 saturated carbocycles. The summed E-state index contributed by atoms with van der Waals surface area (Å²) < 4.78 is 33.0. The normalized spacial score (nSPS) is 17.5. The van der Waals surface area contributed by atoms with E-state index in [0.717, 1.165) is 40.3 Å². The van der Waals surface area contributed by atoms with Gasteiger partial charge >= 0.3 is 0 Å². The van der Waals surface area contributed by atoms with Crippen molar-refractivity contribution in [2.24, 2.45) is 7.05 Å². The predicted molar refractivity (Wildman–Crippen MR) is 118 cm³/mol. The topological polar surface area (TPSA) is 80.6 Å². The zero-order valence-corrected chi connectivity index (χ0v) is 18.6. The third-order valence-corrected chi connectivity index (χ3v) is 6.88. The second kappa shape index (κ2) is 7.88. The minimum absolute atomic E-state index is 0.123. The van der Waals surface area contributed by atoms with Gasteiger partial charge in [-0.25, -0.2) is 18.4 Å². The molecular weight excluding hydrogens is 402 g/mol. The number of pyridine rings is 1. The lowest BCUT2D eigenvalue weighted by atomic mass is 10.1. The molecule has 1 aromatic carbocycles.